The molecule has 0 spiro atoms. The lowest BCUT2D eigenvalue weighted by atomic mass is 10.1. The molecule has 0 bridgehead atoms. The molecule has 1 aromatic carbocycles. The molecule has 4 N–H and O–H groups in total. The minimum absolute atomic E-state index is 0.0146. The fraction of sp³-hybridized carbons (Fsp3) is 0.250. The van der Waals surface area contributed by atoms with Crippen LogP contribution in [0.25, 0.3) is 0 Å². The Labute approximate surface area is 124 Å². The zero-order valence-electron chi connectivity index (χ0n) is 12.1. The van der Waals surface area contributed by atoms with Crippen LogP contribution in [0.15, 0.2) is 47.8 Å². The maximum atomic E-state index is 8.66. The van der Waals surface area contributed by atoms with Gasteiger partial charge in [-0.1, -0.05) is 30.6 Å². The Morgan fingerprint density at radius 2 is 2.00 bits per heavy atom. The number of nitrogens with two attached hydrogens (primary N) is 1. The first-order valence-corrected chi connectivity index (χ1v) is 6.98. The second-order valence-corrected chi connectivity index (χ2v) is 4.84. The molecular weight excluding hydrogens is 264 g/mol. The quantitative estimate of drug-likeness (QED) is 0.329. The van der Waals surface area contributed by atoms with E-state index in [2.05, 4.69) is 46.6 Å². The van der Waals surface area contributed by atoms with Gasteiger partial charge >= 0.3 is 0 Å². The highest BCUT2D eigenvalue weighted by Crippen LogP contribution is 2.12. The molecule has 0 aliphatic heterocycles. The second kappa shape index (κ2) is 7.28. The molecule has 0 saturated heterocycles. The summed E-state index contributed by atoms with van der Waals surface area (Å²) >= 11 is 0. The molecule has 5 heteroatoms. The number of nitrogens with one attached hydrogen (secondary N) is 1. The second-order valence-electron chi connectivity index (χ2n) is 4.84. The largest absolute Gasteiger partial charge is 0.409 e. The average Bonchev–Trinajstić information content (AvgIpc) is 2.54. The summed E-state index contributed by atoms with van der Waals surface area (Å²) in [6.45, 7) is 2.83. The molecule has 0 unspecified atom stereocenters. The molecule has 0 atom stereocenters. The van der Waals surface area contributed by atoms with E-state index < -0.39 is 0 Å². The fourth-order valence-electron chi connectivity index (χ4n) is 2.06. The summed E-state index contributed by atoms with van der Waals surface area (Å²) in [7, 11) is 0. The van der Waals surface area contributed by atoms with Crippen molar-refractivity contribution in [3.05, 3.63) is 59.4 Å². The highest BCUT2D eigenvalue weighted by atomic mass is 16.4. The number of amidine groups is 1. The van der Waals surface area contributed by atoms with Crippen molar-refractivity contribution in [2.24, 2.45) is 10.9 Å². The van der Waals surface area contributed by atoms with E-state index in [1.165, 1.54) is 5.56 Å². The van der Waals surface area contributed by atoms with Gasteiger partial charge in [-0.05, 0) is 41.8 Å². The van der Waals surface area contributed by atoms with Crippen molar-refractivity contribution in [3.63, 3.8) is 0 Å². The number of hydrogen-bond acceptors (Lipinski definition) is 4. The molecule has 21 heavy (non-hydrogen) atoms. The summed E-state index contributed by atoms with van der Waals surface area (Å²) in [4.78, 5) is 4.05. The van der Waals surface area contributed by atoms with Crippen LogP contribution in [0.1, 0.15) is 30.2 Å². The van der Waals surface area contributed by atoms with E-state index in [1.54, 1.807) is 12.3 Å². The highest BCUT2D eigenvalue weighted by Gasteiger charge is 2.02. The van der Waals surface area contributed by atoms with Crippen molar-refractivity contribution < 1.29 is 5.21 Å². The van der Waals surface area contributed by atoms with Crippen molar-refractivity contribution >= 4 is 11.5 Å². The number of aromatic nitrogens is 1. The van der Waals surface area contributed by atoms with Crippen LogP contribution in [0.2, 0.25) is 0 Å². The zero-order valence-corrected chi connectivity index (χ0v) is 12.1. The van der Waals surface area contributed by atoms with Crippen LogP contribution in [-0.2, 0) is 13.0 Å². The third-order valence-electron chi connectivity index (χ3n) is 3.18. The summed E-state index contributed by atoms with van der Waals surface area (Å²) < 4.78 is 0. The van der Waals surface area contributed by atoms with Crippen LogP contribution in [-0.4, -0.2) is 16.0 Å². The topological polar surface area (TPSA) is 83.5 Å². The lowest BCUT2D eigenvalue weighted by molar-refractivity contribution is 0.318. The summed E-state index contributed by atoms with van der Waals surface area (Å²) in [5.41, 5.74) is 9.43. The third-order valence-corrected chi connectivity index (χ3v) is 3.18. The zero-order chi connectivity index (χ0) is 15.1. The lowest BCUT2D eigenvalue weighted by Crippen LogP contribution is -2.15. The summed E-state index contributed by atoms with van der Waals surface area (Å²) in [5, 5.41) is 15.0. The van der Waals surface area contributed by atoms with Gasteiger partial charge in [0, 0.05) is 18.4 Å². The third kappa shape index (κ3) is 4.21. The number of benzene rings is 1. The van der Waals surface area contributed by atoms with Crippen molar-refractivity contribution in [3.8, 4) is 0 Å². The maximum absolute atomic E-state index is 8.66. The molecule has 5 nitrogen and oxygen atoms in total. The van der Waals surface area contributed by atoms with Gasteiger partial charge in [0.05, 0.1) is 0 Å². The van der Waals surface area contributed by atoms with Crippen molar-refractivity contribution in [1.82, 2.24) is 4.98 Å². The van der Waals surface area contributed by atoms with Gasteiger partial charge in [0.15, 0.2) is 5.84 Å². The Balaban J connectivity index is 1.99. The molecule has 1 heterocycles. The molecular formula is C16H20N4O. The van der Waals surface area contributed by atoms with Crippen molar-refractivity contribution in [2.45, 2.75) is 26.3 Å². The number of pyridine rings is 1. The first-order valence-electron chi connectivity index (χ1n) is 6.98. The van der Waals surface area contributed by atoms with Crippen LogP contribution >= 0.6 is 0 Å². The normalized spacial score (nSPS) is 11.4. The smallest absolute Gasteiger partial charge is 0.188 e. The van der Waals surface area contributed by atoms with Gasteiger partial charge in [-0.2, -0.15) is 0 Å². The predicted molar refractivity (Wildman–Crippen MR) is 84.5 cm³/mol. The Bertz CT molecular complexity index is 608. The first-order chi connectivity index (χ1) is 10.2. The van der Waals surface area contributed by atoms with E-state index in [1.807, 2.05) is 6.07 Å². The molecule has 0 aliphatic carbocycles. The van der Waals surface area contributed by atoms with Gasteiger partial charge in [0.2, 0.25) is 0 Å². The van der Waals surface area contributed by atoms with Gasteiger partial charge in [-0.25, -0.2) is 0 Å². The van der Waals surface area contributed by atoms with Crippen molar-refractivity contribution in [2.75, 3.05) is 5.32 Å². The molecule has 2 aromatic rings. The summed E-state index contributed by atoms with van der Waals surface area (Å²) in [5.74, 6) is 0.0146. The van der Waals surface area contributed by atoms with Crippen LogP contribution in [0, 0.1) is 0 Å². The molecule has 0 fully saturated rings. The van der Waals surface area contributed by atoms with E-state index in [0.29, 0.717) is 12.2 Å². The van der Waals surface area contributed by atoms with Gasteiger partial charge < -0.3 is 16.3 Å². The Morgan fingerprint density at radius 1 is 1.24 bits per heavy atom. The molecule has 110 valence electrons. The number of rotatable bonds is 6. The predicted octanol–water partition coefficient (Wildman–Crippen LogP) is 2.74. The van der Waals surface area contributed by atoms with Gasteiger partial charge in [0.1, 0.15) is 5.69 Å². The standard InChI is InChI=1S/C16H20N4O/c1-2-3-12-4-6-14(7-5-12)19-11-13-8-9-18-15(10-13)16(17)20-21/h4-10,19,21H,2-3,11H2,1H3,(H2,17,20). The van der Waals surface area contributed by atoms with Gasteiger partial charge in [-0.15, -0.1) is 0 Å². The van der Waals surface area contributed by atoms with E-state index in [0.717, 1.165) is 24.1 Å². The van der Waals surface area contributed by atoms with E-state index in [4.69, 9.17) is 10.9 Å². The Morgan fingerprint density at radius 3 is 2.67 bits per heavy atom. The first kappa shape index (κ1) is 14.8. The Hall–Kier alpha value is -2.56. The van der Waals surface area contributed by atoms with E-state index >= 15 is 0 Å². The summed E-state index contributed by atoms with van der Waals surface area (Å²) in [6.07, 6.45) is 3.91. The number of oxime groups is 1. The van der Waals surface area contributed by atoms with E-state index in [-0.39, 0.29) is 5.84 Å². The molecule has 0 aliphatic rings. The number of nitrogens with zero attached hydrogens (tertiary/aromatic N) is 2. The lowest BCUT2D eigenvalue weighted by Gasteiger charge is -2.08. The van der Waals surface area contributed by atoms with E-state index in [9.17, 15) is 0 Å². The summed E-state index contributed by atoms with van der Waals surface area (Å²) in [6, 6.07) is 12.1. The number of hydrogen-bond donors (Lipinski definition) is 3. The number of anilines is 1. The molecule has 2 rings (SSSR count). The van der Waals surface area contributed by atoms with Crippen LogP contribution in [0.3, 0.4) is 0 Å². The van der Waals surface area contributed by atoms with Crippen molar-refractivity contribution in [1.29, 1.82) is 0 Å². The SMILES string of the molecule is CCCc1ccc(NCc2ccnc(C(N)=NO)c2)cc1. The fourth-order valence-corrected chi connectivity index (χ4v) is 2.06. The molecule has 0 radical (unpaired) electrons. The van der Waals surface area contributed by atoms with Crippen LogP contribution < -0.4 is 11.1 Å². The number of aryl methyl sites for hydroxylation is 1. The van der Waals surface area contributed by atoms with Crippen LogP contribution in [0.4, 0.5) is 5.69 Å². The maximum Gasteiger partial charge on any atom is 0.188 e. The van der Waals surface area contributed by atoms with Gasteiger partial charge in [-0.3, -0.25) is 4.98 Å². The monoisotopic (exact) mass is 284 g/mol. The Kier molecular flexibility index (Phi) is 5.15. The molecule has 0 amide bonds. The van der Waals surface area contributed by atoms with Gasteiger partial charge in [0.25, 0.3) is 0 Å². The molecule has 0 saturated carbocycles. The highest BCUT2D eigenvalue weighted by molar-refractivity contribution is 5.95. The minimum Gasteiger partial charge on any atom is -0.409 e. The van der Waals surface area contributed by atoms with Crippen LogP contribution in [0.5, 0.6) is 0 Å². The minimum atomic E-state index is 0.0146. The average molecular weight is 284 g/mol. The molecule has 1 aromatic heterocycles.